The minimum absolute atomic E-state index is 0.265. The van der Waals surface area contributed by atoms with Crippen molar-refractivity contribution in [1.82, 2.24) is 9.78 Å². The van der Waals surface area contributed by atoms with Gasteiger partial charge in [0.05, 0.1) is 22.9 Å². The molecule has 0 spiro atoms. The predicted octanol–water partition coefficient (Wildman–Crippen LogP) is 2.54. The fourth-order valence-electron chi connectivity index (χ4n) is 1.19. The van der Waals surface area contributed by atoms with Gasteiger partial charge in [0.2, 0.25) is 0 Å². The van der Waals surface area contributed by atoms with E-state index in [4.69, 9.17) is 16.9 Å². The maximum absolute atomic E-state index is 13.5. The van der Waals surface area contributed by atoms with E-state index in [1.165, 1.54) is 29.2 Å². The molecule has 3 nitrogen and oxygen atoms in total. The summed E-state index contributed by atoms with van der Waals surface area (Å²) in [6.45, 7) is 0. The molecule has 0 saturated heterocycles. The molecule has 15 heavy (non-hydrogen) atoms. The second kappa shape index (κ2) is 3.71. The van der Waals surface area contributed by atoms with Gasteiger partial charge in [-0.15, -0.1) is 0 Å². The minimum atomic E-state index is -0.506. The van der Waals surface area contributed by atoms with E-state index < -0.39 is 5.82 Å². The van der Waals surface area contributed by atoms with Crippen molar-refractivity contribution in [2.45, 2.75) is 0 Å². The third kappa shape index (κ3) is 1.83. The van der Waals surface area contributed by atoms with E-state index in [-0.39, 0.29) is 11.3 Å². The third-order valence-electron chi connectivity index (χ3n) is 1.87. The van der Waals surface area contributed by atoms with Crippen LogP contribution in [-0.2, 0) is 0 Å². The lowest BCUT2D eigenvalue weighted by Gasteiger charge is -2.02. The predicted molar refractivity (Wildman–Crippen MR) is 53.2 cm³/mol. The molecule has 0 unspecified atom stereocenters. The smallest absolute Gasteiger partial charge is 0.150 e. The van der Waals surface area contributed by atoms with Crippen molar-refractivity contribution >= 4 is 11.6 Å². The fourth-order valence-corrected chi connectivity index (χ4v) is 1.33. The van der Waals surface area contributed by atoms with Crippen molar-refractivity contribution in [3.05, 3.63) is 47.0 Å². The standard InChI is InChI=1S/C10H5ClFN3/c11-8-5-14-15(6-8)10-2-1-7(4-13)3-9(10)12/h1-3,5-6H. The van der Waals surface area contributed by atoms with Gasteiger partial charge in [-0.25, -0.2) is 9.07 Å². The Hall–Kier alpha value is -1.86. The molecular formula is C10H5ClFN3. The van der Waals surface area contributed by atoms with Crippen LogP contribution in [0.4, 0.5) is 4.39 Å². The largest absolute Gasteiger partial charge is 0.236 e. The lowest BCUT2D eigenvalue weighted by atomic mass is 10.2. The average molecular weight is 222 g/mol. The van der Waals surface area contributed by atoms with Crippen LogP contribution in [0.3, 0.4) is 0 Å². The number of halogens is 2. The second-order valence-corrected chi connectivity index (χ2v) is 3.32. The number of nitriles is 1. The molecule has 0 aliphatic heterocycles. The third-order valence-corrected chi connectivity index (χ3v) is 2.07. The van der Waals surface area contributed by atoms with Crippen molar-refractivity contribution in [3.8, 4) is 11.8 Å². The molecule has 1 heterocycles. The summed E-state index contributed by atoms with van der Waals surface area (Å²) < 4.78 is 14.8. The van der Waals surface area contributed by atoms with Crippen molar-refractivity contribution in [3.63, 3.8) is 0 Å². The van der Waals surface area contributed by atoms with Crippen LogP contribution in [0.5, 0.6) is 0 Å². The molecule has 0 amide bonds. The van der Waals surface area contributed by atoms with Crippen LogP contribution in [0, 0.1) is 17.1 Å². The van der Waals surface area contributed by atoms with Gasteiger partial charge in [-0.2, -0.15) is 10.4 Å². The number of rotatable bonds is 1. The maximum Gasteiger partial charge on any atom is 0.150 e. The molecule has 0 atom stereocenters. The SMILES string of the molecule is N#Cc1ccc(-n2cc(Cl)cn2)c(F)c1. The van der Waals surface area contributed by atoms with Gasteiger partial charge in [0, 0.05) is 6.20 Å². The topological polar surface area (TPSA) is 41.6 Å². The van der Waals surface area contributed by atoms with Gasteiger partial charge in [0.1, 0.15) is 11.5 Å². The van der Waals surface area contributed by atoms with Gasteiger partial charge < -0.3 is 0 Å². The lowest BCUT2D eigenvalue weighted by molar-refractivity contribution is 0.610. The van der Waals surface area contributed by atoms with Gasteiger partial charge in [0.15, 0.2) is 0 Å². The summed E-state index contributed by atoms with van der Waals surface area (Å²) in [7, 11) is 0. The molecular weight excluding hydrogens is 217 g/mol. The number of benzene rings is 1. The lowest BCUT2D eigenvalue weighted by Crippen LogP contribution is -1.98. The zero-order valence-electron chi connectivity index (χ0n) is 7.48. The molecule has 0 radical (unpaired) electrons. The van der Waals surface area contributed by atoms with Crippen molar-refractivity contribution in [2.75, 3.05) is 0 Å². The average Bonchev–Trinajstić information content (AvgIpc) is 2.64. The summed E-state index contributed by atoms with van der Waals surface area (Å²) in [5.74, 6) is -0.506. The Morgan fingerprint density at radius 2 is 2.27 bits per heavy atom. The number of aromatic nitrogens is 2. The summed E-state index contributed by atoms with van der Waals surface area (Å²) in [5, 5.41) is 12.9. The van der Waals surface area contributed by atoms with Gasteiger partial charge in [-0.05, 0) is 18.2 Å². The van der Waals surface area contributed by atoms with Crippen LogP contribution in [0.2, 0.25) is 5.02 Å². The molecule has 0 fully saturated rings. The van der Waals surface area contributed by atoms with E-state index in [0.717, 1.165) is 6.07 Å². The Morgan fingerprint density at radius 3 is 2.80 bits per heavy atom. The van der Waals surface area contributed by atoms with E-state index in [1.807, 2.05) is 6.07 Å². The zero-order valence-corrected chi connectivity index (χ0v) is 8.24. The highest BCUT2D eigenvalue weighted by Gasteiger charge is 2.06. The molecule has 2 rings (SSSR count). The van der Waals surface area contributed by atoms with Crippen LogP contribution < -0.4 is 0 Å². The van der Waals surface area contributed by atoms with Crippen LogP contribution in [-0.4, -0.2) is 9.78 Å². The highest BCUT2D eigenvalue weighted by molar-refractivity contribution is 6.30. The van der Waals surface area contributed by atoms with Gasteiger partial charge in [0.25, 0.3) is 0 Å². The van der Waals surface area contributed by atoms with Gasteiger partial charge in [-0.1, -0.05) is 11.6 Å². The molecule has 0 aliphatic rings. The first kappa shape index (κ1) is 9.69. The van der Waals surface area contributed by atoms with E-state index >= 15 is 0 Å². The van der Waals surface area contributed by atoms with Crippen LogP contribution in [0.15, 0.2) is 30.6 Å². The Labute approximate surface area is 90.3 Å². The van der Waals surface area contributed by atoms with Gasteiger partial charge in [-0.3, -0.25) is 0 Å². The summed E-state index contributed by atoms with van der Waals surface area (Å²) in [6.07, 6.45) is 2.91. The zero-order chi connectivity index (χ0) is 10.8. The highest BCUT2D eigenvalue weighted by atomic mass is 35.5. The van der Waals surface area contributed by atoms with Crippen LogP contribution in [0.25, 0.3) is 5.69 Å². The second-order valence-electron chi connectivity index (χ2n) is 2.88. The van der Waals surface area contributed by atoms with Crippen LogP contribution in [0.1, 0.15) is 5.56 Å². The molecule has 0 saturated carbocycles. The quantitative estimate of drug-likeness (QED) is 0.743. The normalized spacial score (nSPS) is 9.93. The van der Waals surface area contributed by atoms with E-state index in [0.29, 0.717) is 5.02 Å². The first-order valence-corrected chi connectivity index (χ1v) is 4.48. The number of hydrogen-bond donors (Lipinski definition) is 0. The molecule has 1 aromatic heterocycles. The molecule has 0 bridgehead atoms. The Bertz CT molecular complexity index is 542. The summed E-state index contributed by atoms with van der Waals surface area (Å²) >= 11 is 5.66. The van der Waals surface area contributed by atoms with Gasteiger partial charge >= 0.3 is 0 Å². The molecule has 5 heteroatoms. The van der Waals surface area contributed by atoms with E-state index in [1.54, 1.807) is 0 Å². The molecule has 1 aromatic carbocycles. The first-order chi connectivity index (χ1) is 7.20. The number of nitrogens with zero attached hydrogens (tertiary/aromatic N) is 3. The Kier molecular flexibility index (Phi) is 2.40. The Balaban J connectivity index is 2.51. The van der Waals surface area contributed by atoms with Crippen molar-refractivity contribution in [2.24, 2.45) is 0 Å². The monoisotopic (exact) mass is 221 g/mol. The van der Waals surface area contributed by atoms with Crippen molar-refractivity contribution < 1.29 is 4.39 Å². The summed E-state index contributed by atoms with van der Waals surface area (Å²) in [4.78, 5) is 0. The molecule has 0 N–H and O–H groups in total. The summed E-state index contributed by atoms with van der Waals surface area (Å²) in [6, 6.07) is 6.02. The molecule has 0 aliphatic carbocycles. The fraction of sp³-hybridized carbons (Fsp3) is 0. The Morgan fingerprint density at radius 1 is 1.47 bits per heavy atom. The molecule has 2 aromatic rings. The maximum atomic E-state index is 13.5. The van der Waals surface area contributed by atoms with Crippen LogP contribution >= 0.6 is 11.6 Å². The summed E-state index contributed by atoms with van der Waals surface area (Å²) in [5.41, 5.74) is 0.537. The first-order valence-electron chi connectivity index (χ1n) is 4.11. The highest BCUT2D eigenvalue weighted by Crippen LogP contribution is 2.16. The van der Waals surface area contributed by atoms with Crippen molar-refractivity contribution in [1.29, 1.82) is 5.26 Å². The number of hydrogen-bond acceptors (Lipinski definition) is 2. The van der Waals surface area contributed by atoms with E-state index in [9.17, 15) is 4.39 Å². The van der Waals surface area contributed by atoms with E-state index in [2.05, 4.69) is 5.10 Å². The molecule has 74 valence electrons. The minimum Gasteiger partial charge on any atom is -0.236 e.